The summed E-state index contributed by atoms with van der Waals surface area (Å²) in [5, 5.41) is 12.8. The molecule has 1 N–H and O–H groups in total. The number of rotatable bonds is 7. The monoisotopic (exact) mass is 686 g/mol. The number of hydrazone groups is 1. The highest BCUT2D eigenvalue weighted by atomic mass is 127. The van der Waals surface area contributed by atoms with Gasteiger partial charge < -0.3 is 9.30 Å². The minimum Gasteiger partial charge on any atom is -0.477 e. The molecule has 0 spiro atoms. The maximum absolute atomic E-state index is 12.6. The summed E-state index contributed by atoms with van der Waals surface area (Å²) in [5.41, 5.74) is 8.23. The molecule has 0 radical (unpaired) electrons. The number of ether oxygens (including phenoxy) is 1. The van der Waals surface area contributed by atoms with Crippen LogP contribution in [0.25, 0.3) is 16.9 Å². The Hall–Kier alpha value is -3.17. The standard InChI is InChI=1S/C27H20I2N4O2/c1-18-7-12-25(20-5-3-2-4-6-20)33(18)22-10-8-21(9-11-22)27(34)32-31-17-19-15-23(28)26(24(29)16-19)35-14-13-30/h2-12,15-17H,14H2,1H3,(H,32,34)/b31-17+. The largest absolute Gasteiger partial charge is 0.477 e. The lowest BCUT2D eigenvalue weighted by molar-refractivity contribution is 0.0955. The summed E-state index contributed by atoms with van der Waals surface area (Å²) in [6.07, 6.45) is 1.58. The second-order valence-electron chi connectivity index (χ2n) is 7.57. The molecule has 3 aromatic carbocycles. The smallest absolute Gasteiger partial charge is 0.271 e. The van der Waals surface area contributed by atoms with E-state index in [9.17, 15) is 4.79 Å². The third-order valence-corrected chi connectivity index (χ3v) is 6.82. The molecule has 1 aromatic heterocycles. The van der Waals surface area contributed by atoms with Gasteiger partial charge in [0, 0.05) is 16.9 Å². The molecular formula is C27H20I2N4O2. The van der Waals surface area contributed by atoms with Crippen LogP contribution < -0.4 is 10.2 Å². The zero-order valence-electron chi connectivity index (χ0n) is 18.7. The lowest BCUT2D eigenvalue weighted by atomic mass is 10.1. The Kier molecular flexibility index (Phi) is 8.20. The van der Waals surface area contributed by atoms with E-state index in [1.54, 1.807) is 18.3 Å². The molecule has 8 heteroatoms. The molecule has 1 amide bonds. The lowest BCUT2D eigenvalue weighted by Crippen LogP contribution is -2.17. The number of aryl methyl sites for hydroxylation is 1. The molecule has 35 heavy (non-hydrogen) atoms. The number of aromatic nitrogens is 1. The van der Waals surface area contributed by atoms with Crippen LogP contribution in [0.2, 0.25) is 0 Å². The highest BCUT2D eigenvalue weighted by Gasteiger charge is 2.11. The topological polar surface area (TPSA) is 79.4 Å². The van der Waals surface area contributed by atoms with Crippen LogP contribution in [0, 0.1) is 25.4 Å². The summed E-state index contributed by atoms with van der Waals surface area (Å²) in [6, 6.07) is 27.6. The number of benzene rings is 3. The zero-order valence-corrected chi connectivity index (χ0v) is 23.0. The fourth-order valence-electron chi connectivity index (χ4n) is 3.60. The summed E-state index contributed by atoms with van der Waals surface area (Å²) in [5.74, 6) is 0.376. The molecular weight excluding hydrogens is 666 g/mol. The molecule has 0 aliphatic rings. The van der Waals surface area contributed by atoms with Gasteiger partial charge in [-0.05, 0) is 112 Å². The SMILES string of the molecule is Cc1ccc(-c2ccccc2)n1-c1ccc(C(=O)N/N=C/c2cc(I)c(OCC#N)c(I)c2)cc1. The van der Waals surface area contributed by atoms with E-state index < -0.39 is 0 Å². The molecule has 0 atom stereocenters. The first-order valence-electron chi connectivity index (χ1n) is 10.6. The number of nitrogens with one attached hydrogen (secondary N) is 1. The highest BCUT2D eigenvalue weighted by molar-refractivity contribution is 14.1. The van der Waals surface area contributed by atoms with Gasteiger partial charge in [0.15, 0.2) is 6.61 Å². The van der Waals surface area contributed by atoms with E-state index in [2.05, 4.69) is 91.5 Å². The van der Waals surface area contributed by atoms with Crippen LogP contribution in [-0.4, -0.2) is 23.3 Å². The third-order valence-electron chi connectivity index (χ3n) is 5.21. The fraction of sp³-hybridized carbons (Fsp3) is 0.0741. The molecule has 0 fully saturated rings. The first-order chi connectivity index (χ1) is 17.0. The van der Waals surface area contributed by atoms with Crippen LogP contribution in [0.4, 0.5) is 0 Å². The van der Waals surface area contributed by atoms with Gasteiger partial charge in [-0.1, -0.05) is 30.3 Å². The van der Waals surface area contributed by atoms with Gasteiger partial charge in [0.2, 0.25) is 0 Å². The first-order valence-corrected chi connectivity index (χ1v) is 12.8. The van der Waals surface area contributed by atoms with Crippen LogP contribution in [0.5, 0.6) is 5.75 Å². The Morgan fingerprint density at radius 2 is 1.74 bits per heavy atom. The van der Waals surface area contributed by atoms with Crippen molar-refractivity contribution in [3.63, 3.8) is 0 Å². The van der Waals surface area contributed by atoms with Crippen molar-refractivity contribution < 1.29 is 9.53 Å². The zero-order chi connectivity index (χ0) is 24.8. The maximum Gasteiger partial charge on any atom is 0.271 e. The fourth-order valence-corrected chi connectivity index (χ4v) is 5.73. The number of carbonyl (C=O) groups is 1. The normalized spacial score (nSPS) is 10.8. The van der Waals surface area contributed by atoms with Crippen molar-refractivity contribution in [2.75, 3.05) is 6.61 Å². The van der Waals surface area contributed by atoms with Gasteiger partial charge >= 0.3 is 0 Å². The van der Waals surface area contributed by atoms with Crippen molar-refractivity contribution in [1.29, 1.82) is 5.26 Å². The lowest BCUT2D eigenvalue weighted by Gasteiger charge is -2.12. The van der Waals surface area contributed by atoms with Crippen molar-refractivity contribution in [1.82, 2.24) is 9.99 Å². The summed E-state index contributed by atoms with van der Waals surface area (Å²) >= 11 is 4.30. The van der Waals surface area contributed by atoms with E-state index in [1.807, 2.05) is 48.5 Å². The highest BCUT2D eigenvalue weighted by Crippen LogP contribution is 2.29. The molecule has 1 heterocycles. The van der Waals surface area contributed by atoms with Gasteiger partial charge in [-0.3, -0.25) is 4.79 Å². The van der Waals surface area contributed by atoms with Crippen LogP contribution >= 0.6 is 45.2 Å². The second kappa shape index (κ2) is 11.5. The predicted molar refractivity (Wildman–Crippen MR) is 154 cm³/mol. The number of hydrogen-bond acceptors (Lipinski definition) is 4. The molecule has 4 rings (SSSR count). The van der Waals surface area contributed by atoms with Crippen LogP contribution in [0.1, 0.15) is 21.6 Å². The Bertz CT molecular complexity index is 1400. The molecule has 0 aliphatic carbocycles. The Labute approximate surface area is 230 Å². The van der Waals surface area contributed by atoms with E-state index in [0.717, 1.165) is 35.3 Å². The van der Waals surface area contributed by atoms with Crippen molar-refractivity contribution in [3.05, 3.63) is 103 Å². The van der Waals surface area contributed by atoms with Gasteiger partial charge in [-0.25, -0.2) is 5.43 Å². The number of carbonyl (C=O) groups excluding carboxylic acids is 1. The molecule has 0 bridgehead atoms. The van der Waals surface area contributed by atoms with Gasteiger partial charge in [-0.2, -0.15) is 10.4 Å². The van der Waals surface area contributed by atoms with Crippen LogP contribution in [0.3, 0.4) is 0 Å². The summed E-state index contributed by atoms with van der Waals surface area (Å²) in [6.45, 7) is 2.05. The van der Waals surface area contributed by atoms with Crippen molar-refractivity contribution in [2.45, 2.75) is 6.92 Å². The van der Waals surface area contributed by atoms with E-state index in [0.29, 0.717) is 11.3 Å². The molecule has 0 saturated heterocycles. The number of halogens is 2. The van der Waals surface area contributed by atoms with E-state index >= 15 is 0 Å². The summed E-state index contributed by atoms with van der Waals surface area (Å²) < 4.78 is 9.35. The Morgan fingerprint density at radius 3 is 2.40 bits per heavy atom. The van der Waals surface area contributed by atoms with Crippen molar-refractivity contribution >= 4 is 57.3 Å². The molecule has 0 aliphatic heterocycles. The number of nitriles is 1. The van der Waals surface area contributed by atoms with Crippen LogP contribution in [0.15, 0.2) is 84.0 Å². The van der Waals surface area contributed by atoms with Gasteiger partial charge in [-0.15, -0.1) is 0 Å². The first kappa shape index (κ1) is 24.9. The maximum atomic E-state index is 12.6. The van der Waals surface area contributed by atoms with Crippen LogP contribution in [-0.2, 0) is 0 Å². The second-order valence-corrected chi connectivity index (χ2v) is 9.89. The van der Waals surface area contributed by atoms with E-state index in [-0.39, 0.29) is 12.5 Å². The molecule has 0 unspecified atom stereocenters. The average Bonchev–Trinajstić information content (AvgIpc) is 3.25. The number of amides is 1. The van der Waals surface area contributed by atoms with Gasteiger partial charge in [0.25, 0.3) is 5.91 Å². The predicted octanol–water partition coefficient (Wildman–Crippen LogP) is 6.33. The number of hydrogen-bond donors (Lipinski definition) is 1. The molecule has 174 valence electrons. The molecule has 6 nitrogen and oxygen atoms in total. The minimum absolute atomic E-state index is 0.00818. The Balaban J connectivity index is 1.46. The van der Waals surface area contributed by atoms with E-state index in [4.69, 9.17) is 10.00 Å². The van der Waals surface area contributed by atoms with Crippen molar-refractivity contribution in [3.8, 4) is 28.8 Å². The van der Waals surface area contributed by atoms with E-state index in [1.165, 1.54) is 0 Å². The van der Waals surface area contributed by atoms with Crippen molar-refractivity contribution in [2.24, 2.45) is 5.10 Å². The summed E-state index contributed by atoms with van der Waals surface area (Å²) in [4.78, 5) is 12.6. The molecule has 4 aromatic rings. The van der Waals surface area contributed by atoms with Gasteiger partial charge in [0.1, 0.15) is 11.8 Å². The molecule has 0 saturated carbocycles. The quantitative estimate of drug-likeness (QED) is 0.140. The third kappa shape index (κ3) is 5.91. The Morgan fingerprint density at radius 1 is 1.06 bits per heavy atom. The minimum atomic E-state index is -0.293. The average molecular weight is 686 g/mol. The summed E-state index contributed by atoms with van der Waals surface area (Å²) in [7, 11) is 0. The van der Waals surface area contributed by atoms with Gasteiger partial charge in [0.05, 0.1) is 19.0 Å². The number of nitrogens with zero attached hydrogens (tertiary/aromatic N) is 3.